The third-order valence-electron chi connectivity index (χ3n) is 9.20. The van der Waals surface area contributed by atoms with Crippen molar-refractivity contribution in [1.29, 1.82) is 0 Å². The molecule has 0 fully saturated rings. The molecule has 0 bridgehead atoms. The molecule has 3 aromatic heterocycles. The van der Waals surface area contributed by atoms with Crippen LogP contribution in [0.5, 0.6) is 0 Å². The van der Waals surface area contributed by atoms with Gasteiger partial charge in [0.15, 0.2) is 0 Å². The summed E-state index contributed by atoms with van der Waals surface area (Å²) in [7, 11) is 0. The fourth-order valence-corrected chi connectivity index (χ4v) is 10.3. The lowest BCUT2D eigenvalue weighted by Gasteiger charge is -2.20. The van der Waals surface area contributed by atoms with E-state index in [1.165, 1.54) is 75.7 Å². The first-order chi connectivity index (χ1) is 24.3. The molecule has 0 aliphatic heterocycles. The topological polar surface area (TPSA) is 25.8 Å². The summed E-state index contributed by atoms with van der Waals surface area (Å²) in [5.41, 5.74) is 14.2. The summed E-state index contributed by atoms with van der Waals surface area (Å²) in [6, 6.07) is 48.1. The van der Waals surface area contributed by atoms with Crippen LogP contribution in [0, 0.1) is 0 Å². The van der Waals surface area contributed by atoms with Crippen molar-refractivity contribution in [2.45, 2.75) is 46.0 Å². The van der Waals surface area contributed by atoms with Crippen LogP contribution in [0.1, 0.15) is 50.3 Å². The molecule has 0 spiro atoms. The molecule has 5 heteroatoms. The van der Waals surface area contributed by atoms with Crippen LogP contribution in [0.25, 0.3) is 76.4 Å². The van der Waals surface area contributed by atoms with Gasteiger partial charge in [-0.1, -0.05) is 168 Å². The maximum absolute atomic E-state index is 5.06. The van der Waals surface area contributed by atoms with E-state index in [2.05, 4.69) is 168 Å². The number of rotatable bonds is 7. The second kappa shape index (κ2) is 13.2. The molecule has 8 aromatic rings. The summed E-state index contributed by atoms with van der Waals surface area (Å²) >= 11 is 5.12. The predicted octanol–water partition coefficient (Wildman–Crippen LogP) is 14.2. The first-order valence-corrected chi connectivity index (χ1v) is 19.5. The molecule has 0 aliphatic carbocycles. The Morgan fingerprint density at radius 3 is 1.26 bits per heavy atom. The van der Waals surface area contributed by atoms with E-state index in [4.69, 9.17) is 8.75 Å². The van der Waals surface area contributed by atoms with E-state index in [1.807, 2.05) is 22.7 Å². The Labute approximate surface area is 307 Å². The van der Waals surface area contributed by atoms with E-state index in [0.717, 1.165) is 22.2 Å². The molecular weight excluding hydrogens is 665 g/mol. The van der Waals surface area contributed by atoms with Crippen LogP contribution in [0.2, 0.25) is 0 Å². The minimum atomic E-state index is -0.0559. The van der Waals surface area contributed by atoms with E-state index in [-0.39, 0.29) is 5.41 Å². The number of hydrogen-bond acceptors (Lipinski definition) is 5. The molecule has 0 unspecified atom stereocenters. The van der Waals surface area contributed by atoms with Gasteiger partial charge in [-0.25, -0.2) is 0 Å². The third-order valence-corrected chi connectivity index (χ3v) is 12.9. The maximum atomic E-state index is 5.06. The average molecular weight is 703 g/mol. The van der Waals surface area contributed by atoms with Gasteiger partial charge >= 0.3 is 0 Å². The minimum absolute atomic E-state index is 0.0559. The highest BCUT2D eigenvalue weighted by Crippen LogP contribution is 2.55. The summed E-state index contributed by atoms with van der Waals surface area (Å²) in [6.07, 6.45) is 0. The van der Waals surface area contributed by atoms with Crippen LogP contribution in [-0.2, 0) is 5.41 Å². The van der Waals surface area contributed by atoms with E-state index in [9.17, 15) is 0 Å². The van der Waals surface area contributed by atoms with E-state index < -0.39 is 0 Å². The Bertz CT molecular complexity index is 2410. The van der Waals surface area contributed by atoms with Gasteiger partial charge in [0, 0.05) is 52.9 Å². The van der Waals surface area contributed by atoms with E-state index >= 15 is 0 Å². The Hall–Kier alpha value is -4.68. The van der Waals surface area contributed by atoms with Crippen LogP contribution in [0.15, 0.2) is 133 Å². The highest BCUT2D eigenvalue weighted by atomic mass is 32.1. The molecule has 2 nitrogen and oxygen atoms in total. The summed E-state index contributed by atoms with van der Waals surface area (Å²) in [6.45, 7) is 11.6. The second-order valence-electron chi connectivity index (χ2n) is 14.0. The average Bonchev–Trinajstić information content (AvgIpc) is 3.89. The normalized spacial score (nSPS) is 11.9. The van der Waals surface area contributed by atoms with Crippen molar-refractivity contribution in [3.8, 4) is 65.4 Å². The number of thiophene rings is 2. The van der Waals surface area contributed by atoms with Crippen molar-refractivity contribution < 1.29 is 0 Å². The lowest BCUT2D eigenvalue weighted by Crippen LogP contribution is -2.10. The fourth-order valence-electron chi connectivity index (χ4n) is 6.96. The second-order valence-corrected chi connectivity index (χ2v) is 16.6. The monoisotopic (exact) mass is 702 g/mol. The zero-order valence-corrected chi connectivity index (χ0v) is 31.3. The SMILES string of the molecule is CC(C)c1sc(-c2ccc(-c3sc(C(C)(C)C)c(-c4ccccc4)c3-c3ccccc3)c3nsnc23)c(-c2ccccc2)c1-c1ccccc1. The van der Waals surface area contributed by atoms with Crippen molar-refractivity contribution in [3.63, 3.8) is 0 Å². The van der Waals surface area contributed by atoms with Crippen molar-refractivity contribution in [2.75, 3.05) is 0 Å². The van der Waals surface area contributed by atoms with Gasteiger partial charge in [-0.3, -0.25) is 0 Å². The van der Waals surface area contributed by atoms with E-state index in [1.54, 1.807) is 0 Å². The lowest BCUT2D eigenvalue weighted by atomic mass is 9.85. The lowest BCUT2D eigenvalue weighted by molar-refractivity contribution is 0.605. The molecule has 246 valence electrons. The van der Waals surface area contributed by atoms with Gasteiger partial charge in [-0.15, -0.1) is 22.7 Å². The molecule has 8 rings (SSSR count). The molecular formula is C45H38N2S3. The van der Waals surface area contributed by atoms with Gasteiger partial charge < -0.3 is 0 Å². The number of aromatic nitrogens is 2. The predicted molar refractivity (Wildman–Crippen MR) is 219 cm³/mol. The highest BCUT2D eigenvalue weighted by molar-refractivity contribution is 7.17. The summed E-state index contributed by atoms with van der Waals surface area (Å²) in [5.74, 6) is 0.363. The van der Waals surface area contributed by atoms with E-state index in [0.29, 0.717) is 5.92 Å². The van der Waals surface area contributed by atoms with Crippen molar-refractivity contribution in [2.24, 2.45) is 0 Å². The highest BCUT2D eigenvalue weighted by Gasteiger charge is 2.31. The Balaban J connectivity index is 1.42. The van der Waals surface area contributed by atoms with Gasteiger partial charge in [0.2, 0.25) is 0 Å². The molecule has 0 atom stereocenters. The minimum Gasteiger partial charge on any atom is -0.172 e. The number of fused-ring (bicyclic) bond motifs is 1. The molecule has 0 aliphatic rings. The standard InChI is InChI=1S/C45H38N2S3/c1-28(2)41-35(29-18-10-6-11-19-29)36(30-20-12-7-13-21-30)42(48-41)33-26-27-34(40-39(33)46-50-47-40)43-37(31-22-14-8-15-23-31)38(32-24-16-9-17-25-32)44(49-43)45(3,4)5/h6-28H,1-5H3. The molecule has 0 N–H and O–H groups in total. The van der Waals surface area contributed by atoms with Crippen LogP contribution >= 0.6 is 34.4 Å². The van der Waals surface area contributed by atoms with Crippen molar-refractivity contribution >= 4 is 45.4 Å². The molecule has 0 saturated carbocycles. The van der Waals surface area contributed by atoms with Crippen LogP contribution in [0.4, 0.5) is 0 Å². The zero-order valence-electron chi connectivity index (χ0n) is 28.9. The third kappa shape index (κ3) is 5.73. The molecule has 0 saturated heterocycles. The summed E-state index contributed by atoms with van der Waals surface area (Å²) in [4.78, 5) is 5.25. The molecule has 5 aromatic carbocycles. The summed E-state index contributed by atoms with van der Waals surface area (Å²) < 4.78 is 10.1. The Morgan fingerprint density at radius 1 is 0.460 bits per heavy atom. The van der Waals surface area contributed by atoms with Crippen LogP contribution in [0.3, 0.4) is 0 Å². The largest absolute Gasteiger partial charge is 0.172 e. The first-order valence-electron chi connectivity index (χ1n) is 17.1. The smallest absolute Gasteiger partial charge is 0.114 e. The van der Waals surface area contributed by atoms with Gasteiger partial charge in [0.05, 0.1) is 11.7 Å². The molecule has 0 amide bonds. The quantitative estimate of drug-likeness (QED) is 0.165. The molecule has 50 heavy (non-hydrogen) atoms. The van der Waals surface area contributed by atoms with Crippen LogP contribution < -0.4 is 0 Å². The Morgan fingerprint density at radius 2 is 0.840 bits per heavy atom. The van der Waals surface area contributed by atoms with Crippen molar-refractivity contribution in [1.82, 2.24) is 8.75 Å². The fraction of sp³-hybridized carbons (Fsp3) is 0.156. The van der Waals surface area contributed by atoms with Gasteiger partial charge in [0.25, 0.3) is 0 Å². The van der Waals surface area contributed by atoms with Gasteiger partial charge in [0.1, 0.15) is 11.0 Å². The Kier molecular flexibility index (Phi) is 8.60. The first kappa shape index (κ1) is 32.5. The molecule has 0 radical (unpaired) electrons. The maximum Gasteiger partial charge on any atom is 0.114 e. The number of nitrogens with zero attached hydrogens (tertiary/aromatic N) is 2. The number of hydrogen-bond donors (Lipinski definition) is 0. The zero-order chi connectivity index (χ0) is 34.4. The summed E-state index contributed by atoms with van der Waals surface area (Å²) in [5, 5.41) is 0. The van der Waals surface area contributed by atoms with Crippen molar-refractivity contribution in [3.05, 3.63) is 143 Å². The van der Waals surface area contributed by atoms with Gasteiger partial charge in [-0.2, -0.15) is 8.75 Å². The van der Waals surface area contributed by atoms with Crippen LogP contribution in [-0.4, -0.2) is 8.75 Å². The molecule has 3 heterocycles. The number of benzene rings is 5. The van der Waals surface area contributed by atoms with Gasteiger partial charge in [-0.05, 0) is 33.6 Å².